The van der Waals surface area contributed by atoms with Gasteiger partial charge in [0.1, 0.15) is 6.10 Å². The first-order valence-electron chi connectivity index (χ1n) is 8.44. The molecule has 3 atom stereocenters. The Morgan fingerprint density at radius 1 is 1.19 bits per heavy atom. The zero-order valence-corrected chi connectivity index (χ0v) is 15.5. The van der Waals surface area contributed by atoms with E-state index in [1.54, 1.807) is 26.1 Å². The molecule has 0 bridgehead atoms. The number of hydrogen-bond acceptors (Lipinski definition) is 5. The molecule has 7 heteroatoms. The lowest BCUT2D eigenvalue weighted by atomic mass is 10.0. The van der Waals surface area contributed by atoms with E-state index in [0.717, 1.165) is 16.7 Å². The van der Waals surface area contributed by atoms with Crippen LogP contribution in [0.3, 0.4) is 0 Å². The van der Waals surface area contributed by atoms with Crippen LogP contribution in [0.1, 0.15) is 42.3 Å². The summed E-state index contributed by atoms with van der Waals surface area (Å²) in [5.74, 6) is -0.586. The van der Waals surface area contributed by atoms with Crippen molar-refractivity contribution in [2.24, 2.45) is 5.92 Å². The number of benzene rings is 1. The molecule has 6 nitrogen and oxygen atoms in total. The molecule has 1 aliphatic rings. The largest absolute Gasteiger partial charge is 0.382 e. The minimum Gasteiger partial charge on any atom is -0.382 e. The SMILES string of the molecule is CC(C#N)[C@H](C)S(=O)(=O)N1Cc2cnc(C(O)c3ccccc3)cc2C1. The number of sulfonamides is 1. The molecular formula is C19H21N3O3S. The van der Waals surface area contributed by atoms with Crippen molar-refractivity contribution in [3.63, 3.8) is 0 Å². The van der Waals surface area contributed by atoms with Gasteiger partial charge in [0.2, 0.25) is 10.0 Å². The van der Waals surface area contributed by atoms with Crippen LogP contribution in [-0.2, 0) is 23.1 Å². The van der Waals surface area contributed by atoms with Gasteiger partial charge in [-0.2, -0.15) is 9.57 Å². The number of fused-ring (bicyclic) bond motifs is 1. The predicted molar refractivity (Wildman–Crippen MR) is 97.1 cm³/mol. The maximum atomic E-state index is 12.7. The van der Waals surface area contributed by atoms with Crippen LogP contribution in [0.4, 0.5) is 0 Å². The molecule has 136 valence electrons. The van der Waals surface area contributed by atoms with Crippen molar-refractivity contribution in [3.8, 4) is 6.07 Å². The highest BCUT2D eigenvalue weighted by Gasteiger charge is 2.36. The van der Waals surface area contributed by atoms with E-state index in [4.69, 9.17) is 5.26 Å². The molecule has 2 unspecified atom stereocenters. The average molecular weight is 371 g/mol. The third-order valence-electron chi connectivity index (χ3n) is 4.93. The topological polar surface area (TPSA) is 94.3 Å². The van der Waals surface area contributed by atoms with E-state index < -0.39 is 27.3 Å². The third kappa shape index (κ3) is 3.36. The van der Waals surface area contributed by atoms with Crippen LogP contribution in [0.5, 0.6) is 0 Å². The Balaban J connectivity index is 1.83. The molecule has 1 aromatic carbocycles. The van der Waals surface area contributed by atoms with Gasteiger partial charge in [-0.25, -0.2) is 8.42 Å². The molecule has 2 heterocycles. The van der Waals surface area contributed by atoms with Gasteiger partial charge in [0, 0.05) is 19.3 Å². The Labute approximate surface area is 153 Å². The molecule has 0 saturated carbocycles. The van der Waals surface area contributed by atoms with Crippen molar-refractivity contribution >= 4 is 10.0 Å². The van der Waals surface area contributed by atoms with E-state index in [2.05, 4.69) is 4.98 Å². The molecule has 0 fully saturated rings. The molecule has 0 spiro atoms. The summed E-state index contributed by atoms with van der Waals surface area (Å²) >= 11 is 0. The van der Waals surface area contributed by atoms with Gasteiger partial charge in [-0.3, -0.25) is 4.98 Å². The lowest BCUT2D eigenvalue weighted by Crippen LogP contribution is -2.36. The Morgan fingerprint density at radius 3 is 2.50 bits per heavy atom. The van der Waals surface area contributed by atoms with Crippen LogP contribution in [0, 0.1) is 17.2 Å². The van der Waals surface area contributed by atoms with E-state index in [9.17, 15) is 13.5 Å². The number of aliphatic hydroxyl groups is 1. The monoisotopic (exact) mass is 371 g/mol. The zero-order chi connectivity index (χ0) is 18.9. The van der Waals surface area contributed by atoms with Crippen molar-refractivity contribution in [1.82, 2.24) is 9.29 Å². The Kier molecular flexibility index (Phi) is 5.10. The lowest BCUT2D eigenvalue weighted by molar-refractivity contribution is 0.215. The summed E-state index contributed by atoms with van der Waals surface area (Å²) in [4.78, 5) is 4.32. The van der Waals surface area contributed by atoms with Gasteiger partial charge in [0.15, 0.2) is 0 Å². The molecule has 2 aromatic rings. The quantitative estimate of drug-likeness (QED) is 0.871. The molecule has 1 aliphatic heterocycles. The molecule has 3 rings (SSSR count). The van der Waals surface area contributed by atoms with E-state index in [0.29, 0.717) is 5.69 Å². The first kappa shape index (κ1) is 18.5. The van der Waals surface area contributed by atoms with E-state index in [-0.39, 0.29) is 13.1 Å². The highest BCUT2D eigenvalue weighted by molar-refractivity contribution is 7.89. The Hall–Kier alpha value is -2.27. The first-order chi connectivity index (χ1) is 12.3. The third-order valence-corrected chi connectivity index (χ3v) is 7.26. The van der Waals surface area contributed by atoms with Crippen LogP contribution in [0.15, 0.2) is 42.6 Å². The smallest absolute Gasteiger partial charge is 0.218 e. The number of aliphatic hydroxyl groups excluding tert-OH is 1. The van der Waals surface area contributed by atoms with Gasteiger partial charge >= 0.3 is 0 Å². The minimum absolute atomic E-state index is 0.233. The number of pyridine rings is 1. The summed E-state index contributed by atoms with van der Waals surface area (Å²) in [5, 5.41) is 18.8. The summed E-state index contributed by atoms with van der Waals surface area (Å²) in [5.41, 5.74) is 2.89. The van der Waals surface area contributed by atoms with E-state index in [1.807, 2.05) is 36.4 Å². The van der Waals surface area contributed by atoms with Crippen LogP contribution in [0.25, 0.3) is 0 Å². The van der Waals surface area contributed by atoms with Crippen LogP contribution in [-0.4, -0.2) is 28.1 Å². The Morgan fingerprint density at radius 2 is 1.85 bits per heavy atom. The van der Waals surface area contributed by atoms with E-state index >= 15 is 0 Å². The fourth-order valence-corrected chi connectivity index (χ4v) is 4.69. The summed E-state index contributed by atoms with van der Waals surface area (Å²) < 4.78 is 26.9. The van der Waals surface area contributed by atoms with Crippen LogP contribution >= 0.6 is 0 Å². The van der Waals surface area contributed by atoms with Crippen LogP contribution in [0.2, 0.25) is 0 Å². The van der Waals surface area contributed by atoms with E-state index in [1.165, 1.54) is 4.31 Å². The van der Waals surface area contributed by atoms with Crippen molar-refractivity contribution < 1.29 is 13.5 Å². The Bertz CT molecular complexity index is 938. The number of rotatable bonds is 5. The predicted octanol–water partition coefficient (Wildman–Crippen LogP) is 2.36. The average Bonchev–Trinajstić information content (AvgIpc) is 3.11. The normalized spacial score (nSPS) is 17.9. The number of hydrogen-bond donors (Lipinski definition) is 1. The molecule has 0 amide bonds. The molecule has 26 heavy (non-hydrogen) atoms. The minimum atomic E-state index is -3.58. The highest BCUT2D eigenvalue weighted by atomic mass is 32.2. The molecule has 1 N–H and O–H groups in total. The number of nitrogens with zero attached hydrogens (tertiary/aromatic N) is 3. The highest BCUT2D eigenvalue weighted by Crippen LogP contribution is 2.30. The second kappa shape index (κ2) is 7.16. The van der Waals surface area contributed by atoms with Gasteiger partial charge < -0.3 is 5.11 Å². The molecule has 0 aliphatic carbocycles. The van der Waals surface area contributed by atoms with Crippen molar-refractivity contribution in [2.45, 2.75) is 38.3 Å². The fraction of sp³-hybridized carbons (Fsp3) is 0.368. The van der Waals surface area contributed by atoms with Gasteiger partial charge in [0.25, 0.3) is 0 Å². The lowest BCUT2D eigenvalue weighted by Gasteiger charge is -2.22. The van der Waals surface area contributed by atoms with Crippen molar-refractivity contribution in [1.29, 1.82) is 5.26 Å². The second-order valence-electron chi connectivity index (χ2n) is 6.63. The van der Waals surface area contributed by atoms with Gasteiger partial charge in [-0.15, -0.1) is 0 Å². The summed E-state index contributed by atoms with van der Waals surface area (Å²) in [6.07, 6.45) is 0.773. The zero-order valence-electron chi connectivity index (χ0n) is 14.7. The molecule has 0 radical (unpaired) electrons. The molecule has 0 saturated heterocycles. The first-order valence-corrected chi connectivity index (χ1v) is 9.94. The second-order valence-corrected chi connectivity index (χ2v) is 8.92. The van der Waals surface area contributed by atoms with Crippen LogP contribution < -0.4 is 0 Å². The molecular weight excluding hydrogens is 350 g/mol. The maximum Gasteiger partial charge on any atom is 0.218 e. The van der Waals surface area contributed by atoms with Gasteiger partial charge in [-0.1, -0.05) is 30.3 Å². The number of aromatic nitrogens is 1. The number of nitriles is 1. The fourth-order valence-electron chi connectivity index (χ4n) is 3.00. The maximum absolute atomic E-state index is 12.7. The van der Waals surface area contributed by atoms with Gasteiger partial charge in [-0.05, 0) is 36.6 Å². The summed E-state index contributed by atoms with van der Waals surface area (Å²) in [6, 6.07) is 13.0. The summed E-state index contributed by atoms with van der Waals surface area (Å²) in [6.45, 7) is 3.66. The van der Waals surface area contributed by atoms with Crippen molar-refractivity contribution in [3.05, 3.63) is 65.0 Å². The van der Waals surface area contributed by atoms with Crippen molar-refractivity contribution in [2.75, 3.05) is 0 Å². The van der Waals surface area contributed by atoms with Gasteiger partial charge in [0.05, 0.1) is 22.9 Å². The standard InChI is InChI=1S/C19H21N3O3S/c1-13(9-20)14(2)26(24,25)22-11-16-8-18(21-10-17(16)12-22)19(23)15-6-4-3-5-7-15/h3-8,10,13-14,19,23H,11-12H2,1-2H3/t13?,14-,19?/m0/s1. The molecule has 1 aromatic heterocycles. The summed E-state index contributed by atoms with van der Waals surface area (Å²) in [7, 11) is -3.58.